The average Bonchev–Trinajstić information content (AvgIpc) is 2.47. The molecule has 0 fully saturated rings. The van der Waals surface area contributed by atoms with Gasteiger partial charge in [-0.2, -0.15) is 0 Å². The second kappa shape index (κ2) is 6.44. The van der Waals surface area contributed by atoms with Gasteiger partial charge in [0.2, 0.25) is 0 Å². The summed E-state index contributed by atoms with van der Waals surface area (Å²) in [7, 11) is 4.00. The molecule has 20 heavy (non-hydrogen) atoms. The Morgan fingerprint density at radius 3 is 2.35 bits per heavy atom. The first-order chi connectivity index (χ1) is 9.60. The highest BCUT2D eigenvalue weighted by Crippen LogP contribution is 2.26. The Morgan fingerprint density at radius 2 is 1.75 bits per heavy atom. The second-order valence-corrected chi connectivity index (χ2v) is 4.99. The Bertz CT molecular complexity index is 549. The zero-order chi connectivity index (χ0) is 14.5. The molecule has 2 aromatic carbocycles. The Kier molecular flexibility index (Phi) is 4.64. The highest BCUT2D eigenvalue weighted by atomic mass is 16.5. The molecule has 0 aromatic heterocycles. The third-order valence-electron chi connectivity index (χ3n) is 3.22. The molecule has 3 nitrogen and oxygen atoms in total. The molecule has 1 unspecified atom stereocenters. The molecule has 0 saturated heterocycles. The summed E-state index contributed by atoms with van der Waals surface area (Å²) in [6.07, 6.45) is 0.312. The highest BCUT2D eigenvalue weighted by molar-refractivity contribution is 5.50. The van der Waals surface area contributed by atoms with Gasteiger partial charge >= 0.3 is 0 Å². The first kappa shape index (κ1) is 14.4. The van der Waals surface area contributed by atoms with Crippen LogP contribution in [-0.4, -0.2) is 19.2 Å². The summed E-state index contributed by atoms with van der Waals surface area (Å²) < 4.78 is 5.83. The molecule has 0 amide bonds. The van der Waals surface area contributed by atoms with Gasteiger partial charge in [-0.1, -0.05) is 25.1 Å². The molecule has 0 saturated carbocycles. The fraction of sp³-hybridized carbons (Fsp3) is 0.294. The van der Waals surface area contributed by atoms with Crippen molar-refractivity contribution in [3.05, 3.63) is 54.1 Å². The predicted molar refractivity (Wildman–Crippen MR) is 82.5 cm³/mol. The summed E-state index contributed by atoms with van der Waals surface area (Å²) in [6.45, 7) is 1.96. The van der Waals surface area contributed by atoms with E-state index < -0.39 is 6.10 Å². The van der Waals surface area contributed by atoms with E-state index >= 15 is 0 Å². The maximum Gasteiger partial charge on any atom is 0.129 e. The van der Waals surface area contributed by atoms with Crippen LogP contribution in [0.15, 0.2) is 48.5 Å². The van der Waals surface area contributed by atoms with Crippen LogP contribution in [0, 0.1) is 0 Å². The fourth-order valence-corrected chi connectivity index (χ4v) is 1.95. The van der Waals surface area contributed by atoms with Gasteiger partial charge in [-0.05, 0) is 36.2 Å². The summed E-state index contributed by atoms with van der Waals surface area (Å²) in [5.41, 5.74) is 2.02. The predicted octanol–water partition coefficient (Wildman–Crippen LogP) is 3.99. The first-order valence-electron chi connectivity index (χ1n) is 6.83. The minimum atomic E-state index is -0.402. The number of hydrogen-bond acceptors (Lipinski definition) is 3. The van der Waals surface area contributed by atoms with Crippen LogP contribution >= 0.6 is 0 Å². The third kappa shape index (κ3) is 3.52. The Hall–Kier alpha value is -2.00. The smallest absolute Gasteiger partial charge is 0.129 e. The van der Waals surface area contributed by atoms with Gasteiger partial charge < -0.3 is 14.7 Å². The van der Waals surface area contributed by atoms with E-state index in [9.17, 15) is 5.11 Å². The van der Waals surface area contributed by atoms with Crippen molar-refractivity contribution in [2.24, 2.45) is 0 Å². The van der Waals surface area contributed by atoms with Gasteiger partial charge in [0.15, 0.2) is 0 Å². The minimum absolute atomic E-state index is 0.402. The Morgan fingerprint density at radius 1 is 1.05 bits per heavy atom. The van der Waals surface area contributed by atoms with Crippen LogP contribution < -0.4 is 9.64 Å². The summed E-state index contributed by atoms with van der Waals surface area (Å²) in [5.74, 6) is 1.58. The van der Waals surface area contributed by atoms with Crippen molar-refractivity contribution in [3.63, 3.8) is 0 Å². The lowest BCUT2D eigenvalue weighted by atomic mass is 10.1. The van der Waals surface area contributed by atoms with E-state index in [0.717, 1.165) is 22.7 Å². The number of hydrogen-bond donors (Lipinski definition) is 1. The second-order valence-electron chi connectivity index (χ2n) is 4.99. The van der Waals surface area contributed by atoms with Crippen LogP contribution in [-0.2, 0) is 0 Å². The molecular weight excluding hydrogens is 250 g/mol. The van der Waals surface area contributed by atoms with E-state index in [4.69, 9.17) is 4.74 Å². The van der Waals surface area contributed by atoms with Gasteiger partial charge in [-0.3, -0.25) is 0 Å². The molecule has 2 aromatic rings. The molecule has 1 atom stereocenters. The van der Waals surface area contributed by atoms with Gasteiger partial charge in [0.25, 0.3) is 0 Å². The fourth-order valence-electron chi connectivity index (χ4n) is 1.95. The van der Waals surface area contributed by atoms with Gasteiger partial charge in [0, 0.05) is 25.8 Å². The largest absolute Gasteiger partial charge is 0.457 e. The van der Waals surface area contributed by atoms with Gasteiger partial charge in [-0.15, -0.1) is 0 Å². The van der Waals surface area contributed by atoms with Crippen molar-refractivity contribution in [1.29, 1.82) is 0 Å². The molecule has 0 aliphatic heterocycles. The molecule has 106 valence electrons. The number of nitrogens with zero attached hydrogens (tertiary/aromatic N) is 1. The van der Waals surface area contributed by atoms with E-state index in [1.165, 1.54) is 0 Å². The third-order valence-corrected chi connectivity index (χ3v) is 3.22. The molecule has 0 heterocycles. The van der Waals surface area contributed by atoms with Gasteiger partial charge in [0.05, 0.1) is 6.10 Å². The molecular formula is C17H21NO2. The molecule has 0 radical (unpaired) electrons. The van der Waals surface area contributed by atoms with Crippen LogP contribution in [0.3, 0.4) is 0 Å². The first-order valence-corrected chi connectivity index (χ1v) is 6.83. The van der Waals surface area contributed by atoms with Gasteiger partial charge in [0.1, 0.15) is 11.5 Å². The molecule has 1 N–H and O–H groups in total. The lowest BCUT2D eigenvalue weighted by Gasteiger charge is -2.14. The van der Waals surface area contributed by atoms with E-state index in [-0.39, 0.29) is 0 Å². The average molecular weight is 271 g/mol. The molecule has 0 aliphatic rings. The molecule has 0 aliphatic carbocycles. The topological polar surface area (TPSA) is 32.7 Å². The Labute approximate surface area is 120 Å². The number of benzene rings is 2. The van der Waals surface area contributed by atoms with Crippen molar-refractivity contribution in [3.8, 4) is 11.5 Å². The summed E-state index contributed by atoms with van der Waals surface area (Å²) in [5, 5.41) is 9.76. The highest BCUT2D eigenvalue weighted by Gasteiger charge is 2.05. The SMILES string of the molecule is CCC(O)c1ccc(Oc2cccc(N(C)C)c2)cc1. The maximum atomic E-state index is 9.76. The lowest BCUT2D eigenvalue weighted by molar-refractivity contribution is 0.173. The monoisotopic (exact) mass is 271 g/mol. The molecule has 2 rings (SSSR count). The zero-order valence-electron chi connectivity index (χ0n) is 12.2. The van der Waals surface area contributed by atoms with Crippen LogP contribution in [0.2, 0.25) is 0 Å². The minimum Gasteiger partial charge on any atom is -0.457 e. The van der Waals surface area contributed by atoms with Gasteiger partial charge in [-0.25, -0.2) is 0 Å². The van der Waals surface area contributed by atoms with E-state index in [1.54, 1.807) is 0 Å². The van der Waals surface area contributed by atoms with E-state index in [1.807, 2.05) is 74.4 Å². The number of ether oxygens (including phenoxy) is 1. The molecule has 0 spiro atoms. The summed E-state index contributed by atoms with van der Waals surface area (Å²) in [4.78, 5) is 2.04. The van der Waals surface area contributed by atoms with Crippen molar-refractivity contribution in [2.75, 3.05) is 19.0 Å². The summed E-state index contributed by atoms with van der Waals surface area (Å²) in [6, 6.07) is 15.5. The van der Waals surface area contributed by atoms with Crippen LogP contribution in [0.25, 0.3) is 0 Å². The molecule has 0 bridgehead atoms. The standard InChI is InChI=1S/C17H21NO2/c1-4-17(19)13-8-10-15(11-9-13)20-16-7-5-6-14(12-16)18(2)3/h5-12,17,19H,4H2,1-3H3. The number of rotatable bonds is 5. The van der Waals surface area contributed by atoms with Crippen molar-refractivity contribution in [1.82, 2.24) is 0 Å². The van der Waals surface area contributed by atoms with Crippen molar-refractivity contribution < 1.29 is 9.84 Å². The van der Waals surface area contributed by atoms with E-state index in [2.05, 4.69) is 0 Å². The van der Waals surface area contributed by atoms with Crippen molar-refractivity contribution >= 4 is 5.69 Å². The number of anilines is 1. The normalized spacial score (nSPS) is 12.0. The quantitative estimate of drug-likeness (QED) is 0.892. The lowest BCUT2D eigenvalue weighted by Crippen LogP contribution is -2.08. The summed E-state index contributed by atoms with van der Waals surface area (Å²) >= 11 is 0. The maximum absolute atomic E-state index is 9.76. The zero-order valence-corrected chi connectivity index (χ0v) is 12.2. The van der Waals surface area contributed by atoms with E-state index in [0.29, 0.717) is 6.42 Å². The van der Waals surface area contributed by atoms with Crippen LogP contribution in [0.1, 0.15) is 25.0 Å². The van der Waals surface area contributed by atoms with Crippen LogP contribution in [0.4, 0.5) is 5.69 Å². The number of aliphatic hydroxyl groups excluding tert-OH is 1. The van der Waals surface area contributed by atoms with Crippen molar-refractivity contribution in [2.45, 2.75) is 19.4 Å². The Balaban J connectivity index is 2.12. The molecule has 3 heteroatoms. The van der Waals surface area contributed by atoms with Crippen LogP contribution in [0.5, 0.6) is 11.5 Å². The number of aliphatic hydroxyl groups is 1.